The summed E-state index contributed by atoms with van der Waals surface area (Å²) in [5.74, 6) is -22.8. The highest BCUT2D eigenvalue weighted by molar-refractivity contribution is 7.82. The maximum absolute atomic E-state index is 15.0. The summed E-state index contributed by atoms with van der Waals surface area (Å²) in [5.41, 5.74) is -8.21. The molecule has 29 heteroatoms. The third-order valence-electron chi connectivity index (χ3n) is 10.7. The highest BCUT2D eigenvalue weighted by atomic mass is 32.3. The Morgan fingerprint density at radius 2 is 1.29 bits per heavy atom. The lowest BCUT2D eigenvalue weighted by Gasteiger charge is -2.59. The van der Waals surface area contributed by atoms with Crippen molar-refractivity contribution in [2.24, 2.45) is 0 Å². The molecule has 62 heavy (non-hydrogen) atoms. The molecule has 5 heterocycles. The lowest BCUT2D eigenvalue weighted by atomic mass is 9.72. The average molecular weight is 915 g/mol. The molecule has 17 N–H and O–H groups in total. The van der Waals surface area contributed by atoms with Crippen molar-refractivity contribution in [1.82, 2.24) is 0 Å². The fourth-order valence-electron chi connectivity index (χ4n) is 7.35. The normalized spacial score (nSPS) is 40.3. The zero-order valence-electron chi connectivity index (χ0n) is 31.0. The number of phenols is 3. The summed E-state index contributed by atoms with van der Waals surface area (Å²) in [6, 6.07) is 2.18. The van der Waals surface area contributed by atoms with Gasteiger partial charge in [-0.3, -0.25) is 4.79 Å². The van der Waals surface area contributed by atoms with Gasteiger partial charge in [0.1, 0.15) is 60.3 Å². The van der Waals surface area contributed by atoms with Crippen molar-refractivity contribution in [2.45, 2.75) is 97.4 Å². The summed E-state index contributed by atoms with van der Waals surface area (Å²) < 4.78 is 67.0. The predicted molar refractivity (Wildman–Crippen MR) is 187 cm³/mol. The monoisotopic (exact) mass is 914 g/mol. The van der Waals surface area contributed by atoms with E-state index in [1.54, 1.807) is 0 Å². The third-order valence-corrected chi connectivity index (χ3v) is 11.5. The molecule has 0 amide bonds. The minimum absolute atomic E-state index is 0.606. The molecule has 0 aliphatic carbocycles. The molecular weight excluding hydrogens is 876 g/mol. The average Bonchev–Trinajstić information content (AvgIpc) is 3.21. The van der Waals surface area contributed by atoms with E-state index in [-0.39, 0.29) is 0 Å². The van der Waals surface area contributed by atoms with Crippen molar-refractivity contribution in [3.05, 3.63) is 28.4 Å². The van der Waals surface area contributed by atoms with Crippen LogP contribution in [0.25, 0.3) is 22.3 Å². The highest BCUT2D eigenvalue weighted by Crippen LogP contribution is 2.57. The topological polar surface area (TPSA) is 473 Å². The quantitative estimate of drug-likeness (QED) is 0.0737. The van der Waals surface area contributed by atoms with Gasteiger partial charge in [0.15, 0.2) is 34.7 Å². The zero-order valence-corrected chi connectivity index (χ0v) is 31.8. The van der Waals surface area contributed by atoms with Crippen LogP contribution < -0.4 is 23.3 Å². The van der Waals surface area contributed by atoms with Gasteiger partial charge in [0.2, 0.25) is 39.8 Å². The van der Waals surface area contributed by atoms with Crippen LogP contribution in [0.15, 0.2) is 27.4 Å². The molecule has 0 radical (unpaired) electrons. The number of ether oxygens (including phenoxy) is 5. The molecule has 28 nitrogen and oxygen atoms in total. The predicted octanol–water partition coefficient (Wildman–Crippen LogP) is -7.85. The van der Waals surface area contributed by atoms with Crippen molar-refractivity contribution in [3.63, 3.8) is 0 Å². The summed E-state index contributed by atoms with van der Waals surface area (Å²) in [7, 11) is -5.39. The maximum Gasteiger partial charge on any atom is 0.501 e. The van der Waals surface area contributed by atoms with Crippen molar-refractivity contribution >= 4 is 21.4 Å². The van der Waals surface area contributed by atoms with Crippen molar-refractivity contribution < 1.29 is 132 Å². The summed E-state index contributed by atoms with van der Waals surface area (Å²) in [6.45, 7) is -1.67. The van der Waals surface area contributed by atoms with Gasteiger partial charge in [-0.25, -0.2) is 0 Å². The Labute approximate surface area is 343 Å². The number of hydrogen-bond acceptors (Lipinski definition) is 28. The Balaban J connectivity index is 1.56. The van der Waals surface area contributed by atoms with Gasteiger partial charge in [0, 0.05) is 5.56 Å². The fourth-order valence-corrected chi connectivity index (χ4v) is 8.10. The zero-order chi connectivity index (χ0) is 46.0. The molecule has 15 atom stereocenters. The Bertz CT molecular complexity index is 2430. The first-order valence-corrected chi connectivity index (χ1v) is 19.1. The molecule has 2 bridgehead atoms. The van der Waals surface area contributed by atoms with Crippen LogP contribution in [0.1, 0.15) is 6.92 Å². The van der Waals surface area contributed by atoms with Gasteiger partial charge < -0.3 is 123 Å². The number of benzene rings is 2. The molecule has 4 aliphatic heterocycles. The molecule has 4 aliphatic rings. The van der Waals surface area contributed by atoms with Crippen LogP contribution in [0.5, 0.6) is 40.2 Å². The second-order valence-corrected chi connectivity index (χ2v) is 15.7. The van der Waals surface area contributed by atoms with Crippen LogP contribution >= 0.6 is 0 Å². The number of aromatic hydroxyl groups is 3. The lowest BCUT2D eigenvalue weighted by molar-refractivity contribution is -0.525. The van der Waals surface area contributed by atoms with E-state index < -0.39 is 182 Å². The molecule has 11 unspecified atom stereocenters. The number of rotatable bonds is 8. The summed E-state index contributed by atoms with van der Waals surface area (Å²) in [6.07, 6.45) is -26.9. The molecule has 1 aromatic heterocycles. The van der Waals surface area contributed by atoms with Gasteiger partial charge in [-0.2, -0.15) is 0 Å². The third kappa shape index (κ3) is 6.49. The molecule has 3 saturated heterocycles. The molecule has 0 spiro atoms. The van der Waals surface area contributed by atoms with Crippen LogP contribution in [0.2, 0.25) is 0 Å². The van der Waals surface area contributed by atoms with Crippen LogP contribution in [0.4, 0.5) is 0 Å². The van der Waals surface area contributed by atoms with E-state index in [0.717, 1.165) is 19.1 Å². The SMILES string of the molecule is C[C@@H]1OC(O)(C2(O)C(O)C(O)C(CO)OC2(O)Oc2c(-c3ccc(O)c(O)c3)oc3c4c(O)c(c(OC5(O)OC(CO)C(O)C(O)C5O)c3c2=O)OS(=O)(=O)O4)[C@H](O)[C@H](O)[C@H]1O. The first-order chi connectivity index (χ1) is 28.7. The van der Waals surface area contributed by atoms with E-state index in [9.17, 15) is 95.2 Å². The maximum atomic E-state index is 15.0. The Kier molecular flexibility index (Phi) is 11.1. The summed E-state index contributed by atoms with van der Waals surface area (Å²) in [4.78, 5) is 15.0. The summed E-state index contributed by atoms with van der Waals surface area (Å²) >= 11 is 0. The second-order valence-electron chi connectivity index (χ2n) is 14.6. The minimum atomic E-state index is -5.39. The fraction of sp³-hybridized carbons (Fsp3) is 0.545. The van der Waals surface area contributed by atoms with Gasteiger partial charge >= 0.3 is 22.3 Å². The molecule has 2 aromatic carbocycles. The van der Waals surface area contributed by atoms with Crippen molar-refractivity contribution in [2.75, 3.05) is 13.2 Å². The summed E-state index contributed by atoms with van der Waals surface area (Å²) in [5, 5.41) is 183. The van der Waals surface area contributed by atoms with Crippen LogP contribution in [0, 0.1) is 0 Å². The first-order valence-electron chi connectivity index (χ1n) is 17.8. The van der Waals surface area contributed by atoms with E-state index in [1.807, 2.05) is 0 Å². The molecule has 3 aromatic rings. The van der Waals surface area contributed by atoms with E-state index in [4.69, 9.17) is 32.3 Å². The number of hydrogen-bond donors (Lipinski definition) is 17. The van der Waals surface area contributed by atoms with Gasteiger partial charge in [-0.05, 0) is 25.1 Å². The van der Waals surface area contributed by atoms with Crippen LogP contribution in [-0.4, -0.2) is 199 Å². The van der Waals surface area contributed by atoms with Gasteiger partial charge in [0.25, 0.3) is 0 Å². The number of fused-ring (bicyclic) bond motifs is 4. The molecular formula is C33H38O28S. The van der Waals surface area contributed by atoms with Gasteiger partial charge in [-0.1, -0.05) is 0 Å². The molecule has 0 saturated carbocycles. The highest BCUT2D eigenvalue weighted by Gasteiger charge is 2.80. The largest absolute Gasteiger partial charge is 0.504 e. The molecule has 3 fully saturated rings. The standard InChI is InChI=1S/C33H38O28S/c1-7-14(38)18(42)28(46)31(49,55-7)30(48)27(45)16(40)12(6-35)57-33(30,51)59-24-17(41)13-22(54-21(24)8-2-3-9(36)10(37)4-8)25-20(44)26(61-62(52,53)60-25)23(13)58-32(50)29(47)19(43)15(39)11(5-34)56-32/h2-4,7,11-12,14-16,18-19,27-29,34-40,42-51H,5-6H2,1H3/t7-,11?,12?,14-,15?,16?,18+,19?,27?,28+,29?,30?,31?,32?,33?/m0/s1. The minimum Gasteiger partial charge on any atom is -0.504 e. The second kappa shape index (κ2) is 15.1. The first kappa shape index (κ1) is 45.5. The van der Waals surface area contributed by atoms with E-state index in [1.165, 1.54) is 0 Å². The molecule has 344 valence electrons. The van der Waals surface area contributed by atoms with E-state index in [2.05, 4.69) is 4.18 Å². The van der Waals surface area contributed by atoms with E-state index in [0.29, 0.717) is 6.07 Å². The lowest BCUT2D eigenvalue weighted by Crippen LogP contribution is -2.87. The van der Waals surface area contributed by atoms with Crippen LogP contribution in [0.3, 0.4) is 0 Å². The van der Waals surface area contributed by atoms with E-state index >= 15 is 4.79 Å². The van der Waals surface area contributed by atoms with Crippen molar-refractivity contribution in [1.29, 1.82) is 0 Å². The number of aliphatic hydroxyl groups is 14. The van der Waals surface area contributed by atoms with Crippen molar-refractivity contribution in [3.8, 4) is 51.6 Å². The van der Waals surface area contributed by atoms with Gasteiger partial charge in [0.05, 0.1) is 19.3 Å². The van der Waals surface area contributed by atoms with Gasteiger partial charge in [-0.15, -0.1) is 8.42 Å². The number of phenolic OH excluding ortho intramolecular Hbond substituents is 3. The smallest absolute Gasteiger partial charge is 0.501 e. The Morgan fingerprint density at radius 3 is 1.90 bits per heavy atom. The molecule has 7 rings (SSSR count). The Hall–Kier alpha value is -4.48. The van der Waals surface area contributed by atoms with Crippen LogP contribution in [-0.2, 0) is 24.6 Å². The number of aliphatic hydroxyl groups excluding tert-OH is 10. The Morgan fingerprint density at radius 1 is 0.694 bits per heavy atom.